The Morgan fingerprint density at radius 1 is 0.588 bits per heavy atom. The standard InChI is InChI=1S/C12H10Ge.2C9H13.2ClH.Hf/c1-3-7-11(8-4-1)13-12-9-5-2-6-10-12;2*1-9(2,3)8-6-4-5-7-8;;;/h1-10H;2*6-7H,4H2,1-3H3;2*1H;/q;;;;;+2/p-2. The van der Waals surface area contributed by atoms with Crippen molar-refractivity contribution in [3.8, 4) is 0 Å². The third-order valence-electron chi connectivity index (χ3n) is 6.49. The average molecular weight is 719 g/mol. The van der Waals surface area contributed by atoms with E-state index in [1.54, 1.807) is 19.9 Å². The first-order valence-corrected chi connectivity index (χ1v) is 27.9. The Morgan fingerprint density at radius 2 is 0.941 bits per heavy atom. The van der Waals surface area contributed by atoms with Gasteiger partial charge in [-0.3, -0.25) is 0 Å². The van der Waals surface area contributed by atoms with Crippen LogP contribution >= 0.6 is 0 Å². The maximum atomic E-state index is 2.65. The predicted molar refractivity (Wildman–Crippen MR) is 138 cm³/mol. The second kappa shape index (κ2) is 12.1. The summed E-state index contributed by atoms with van der Waals surface area (Å²) in [5.74, 6) is 0. The third-order valence-corrected chi connectivity index (χ3v) is 49.6. The van der Waals surface area contributed by atoms with Crippen molar-refractivity contribution >= 4 is 18.8 Å². The van der Waals surface area contributed by atoms with Gasteiger partial charge in [-0.15, -0.1) is 0 Å². The van der Waals surface area contributed by atoms with Crippen LogP contribution in [0.2, 0.25) is 0 Å². The van der Waals surface area contributed by atoms with E-state index in [2.05, 4.69) is 127 Å². The van der Waals surface area contributed by atoms with Crippen LogP contribution < -0.4 is 33.6 Å². The van der Waals surface area contributed by atoms with E-state index >= 15 is 0 Å². The second-order valence-electron chi connectivity index (χ2n) is 11.0. The average Bonchev–Trinajstić information content (AvgIpc) is 3.43. The van der Waals surface area contributed by atoms with Gasteiger partial charge in [0.25, 0.3) is 0 Å². The smallest absolute Gasteiger partial charge is 1.00 e. The van der Waals surface area contributed by atoms with E-state index in [0.717, 1.165) is 0 Å². The van der Waals surface area contributed by atoms with Crippen molar-refractivity contribution in [3.63, 3.8) is 0 Å². The molecule has 0 N–H and O–H groups in total. The molecule has 34 heavy (non-hydrogen) atoms. The van der Waals surface area contributed by atoms with Crippen molar-refractivity contribution in [1.82, 2.24) is 0 Å². The van der Waals surface area contributed by atoms with Crippen molar-refractivity contribution in [2.75, 3.05) is 0 Å². The van der Waals surface area contributed by atoms with Gasteiger partial charge >= 0.3 is 205 Å². The summed E-state index contributed by atoms with van der Waals surface area (Å²) in [7, 11) is -1.70. The van der Waals surface area contributed by atoms with Crippen LogP contribution in [0.4, 0.5) is 0 Å². The molecule has 0 spiro atoms. The normalized spacial score (nSPS) is 15.1. The Balaban J connectivity index is 0.00000204. The molecule has 0 amide bonds. The van der Waals surface area contributed by atoms with E-state index < -0.39 is 28.4 Å². The van der Waals surface area contributed by atoms with Crippen LogP contribution in [-0.4, -0.2) is 10.1 Å². The topological polar surface area (TPSA) is 0 Å². The number of benzene rings is 2. The van der Waals surface area contributed by atoms with Gasteiger partial charge in [0, 0.05) is 0 Å². The summed E-state index contributed by atoms with van der Waals surface area (Å²) in [6.45, 7) is 14.2. The van der Waals surface area contributed by atoms with Crippen molar-refractivity contribution in [2.24, 2.45) is 10.8 Å². The van der Waals surface area contributed by atoms with E-state index in [4.69, 9.17) is 0 Å². The molecule has 0 heterocycles. The van der Waals surface area contributed by atoms with Gasteiger partial charge in [0.1, 0.15) is 0 Å². The zero-order valence-electron chi connectivity index (χ0n) is 21.3. The van der Waals surface area contributed by atoms with Gasteiger partial charge < -0.3 is 24.8 Å². The fourth-order valence-corrected chi connectivity index (χ4v) is 50.9. The Labute approximate surface area is 228 Å². The predicted octanol–water partition coefficient (Wildman–Crippen LogP) is 0.939. The van der Waals surface area contributed by atoms with Gasteiger partial charge in [-0.1, -0.05) is 0 Å². The van der Waals surface area contributed by atoms with Crippen LogP contribution in [-0.2, 0) is 18.3 Å². The minimum atomic E-state index is -2.34. The molecule has 0 saturated carbocycles. The van der Waals surface area contributed by atoms with Crippen molar-refractivity contribution in [1.29, 1.82) is 0 Å². The molecule has 0 unspecified atom stereocenters. The molecule has 0 aliphatic heterocycles. The van der Waals surface area contributed by atoms with E-state index in [1.807, 2.05) is 6.66 Å². The summed E-state index contributed by atoms with van der Waals surface area (Å²) >= 11 is -2.34. The zero-order valence-corrected chi connectivity index (χ0v) is 28.5. The Hall–Kier alpha value is -0.607. The van der Waals surface area contributed by atoms with Gasteiger partial charge in [0.05, 0.1) is 0 Å². The molecule has 0 radical (unpaired) electrons. The molecule has 0 fully saturated rings. The van der Waals surface area contributed by atoms with Crippen LogP contribution in [0.3, 0.4) is 0 Å². The fourth-order valence-electron chi connectivity index (χ4n) is 4.64. The minimum Gasteiger partial charge on any atom is -1.00 e. The van der Waals surface area contributed by atoms with E-state index in [1.165, 1.54) is 12.8 Å². The summed E-state index contributed by atoms with van der Waals surface area (Å²) < 4.78 is 7.02. The van der Waals surface area contributed by atoms with Crippen molar-refractivity contribution in [3.05, 3.63) is 103 Å². The maximum absolute atomic E-state index is 2.65. The summed E-state index contributed by atoms with van der Waals surface area (Å²) in [4.78, 5) is 0. The Morgan fingerprint density at radius 3 is 1.24 bits per heavy atom. The molecule has 2 aliphatic rings. The Kier molecular flexibility index (Phi) is 10.5. The molecule has 0 nitrogen and oxygen atoms in total. The Bertz CT molecular complexity index is 1060. The molecule has 0 bridgehead atoms. The summed E-state index contributed by atoms with van der Waals surface area (Å²) in [5.41, 5.74) is 3.57. The van der Waals surface area contributed by atoms with Crippen LogP contribution in [0.1, 0.15) is 54.4 Å². The molecular formula is C30H36Cl2GeHf. The monoisotopic (exact) mass is 720 g/mol. The van der Waals surface area contributed by atoms with E-state index in [0.29, 0.717) is 0 Å². The van der Waals surface area contributed by atoms with Crippen LogP contribution in [0.25, 0.3) is 0 Å². The quantitative estimate of drug-likeness (QED) is 0.414. The molecule has 0 saturated heterocycles. The van der Waals surface area contributed by atoms with Gasteiger partial charge in [-0.25, -0.2) is 0 Å². The SMILES string of the molecule is CC(C)(C)C1=CC[C]([Hf+2]([C]2=CC(C(C)(C)C)=CC2)=[Ge]([c]2ccccc2)[c]2ccccc2)=C1.[Cl-].[Cl-]. The fraction of sp³-hybridized carbons (Fsp3) is 0.333. The molecule has 0 atom stereocenters. The molecule has 0 aromatic heterocycles. The van der Waals surface area contributed by atoms with E-state index in [9.17, 15) is 0 Å². The first-order chi connectivity index (χ1) is 15.1. The molecule has 2 aromatic carbocycles. The number of halogens is 2. The van der Waals surface area contributed by atoms with Gasteiger partial charge in [-0.2, -0.15) is 0 Å². The largest absolute Gasteiger partial charge is 1.00 e. The first kappa shape index (κ1) is 29.6. The van der Waals surface area contributed by atoms with Crippen LogP contribution in [0.15, 0.2) is 103 Å². The van der Waals surface area contributed by atoms with Gasteiger partial charge in [-0.05, 0) is 0 Å². The number of rotatable bonds is 4. The van der Waals surface area contributed by atoms with E-state index in [-0.39, 0.29) is 35.6 Å². The number of allylic oxidation sites excluding steroid dienone is 8. The summed E-state index contributed by atoms with van der Waals surface area (Å²) in [6.07, 6.45) is 12.8. The zero-order chi connectivity index (χ0) is 22.9. The molecule has 178 valence electrons. The summed E-state index contributed by atoms with van der Waals surface area (Å²) in [5, 5.41) is 0. The summed E-state index contributed by atoms with van der Waals surface area (Å²) in [6, 6.07) is 23.2. The van der Waals surface area contributed by atoms with Crippen LogP contribution in [0.5, 0.6) is 0 Å². The first-order valence-electron chi connectivity index (χ1n) is 11.8. The third kappa shape index (κ3) is 6.78. The molecule has 4 heteroatoms. The molecule has 2 aliphatic carbocycles. The number of hydrogen-bond donors (Lipinski definition) is 0. The van der Waals surface area contributed by atoms with Gasteiger partial charge in [0.15, 0.2) is 0 Å². The second-order valence-corrected chi connectivity index (χ2v) is 40.3. The van der Waals surface area contributed by atoms with Crippen LogP contribution in [0, 0.1) is 10.8 Å². The maximum Gasteiger partial charge on any atom is -1.00 e. The molecular weight excluding hydrogens is 682 g/mol. The number of hydrogen-bond acceptors (Lipinski definition) is 0. The van der Waals surface area contributed by atoms with Crippen molar-refractivity contribution in [2.45, 2.75) is 54.4 Å². The minimum absolute atomic E-state index is 0. The van der Waals surface area contributed by atoms with Crippen molar-refractivity contribution < 1.29 is 43.2 Å². The molecule has 2 aromatic rings. The molecule has 4 rings (SSSR count). The van der Waals surface area contributed by atoms with Gasteiger partial charge in [0.2, 0.25) is 0 Å².